The number of fused-ring (bicyclic) bond motifs is 1. The van der Waals surface area contributed by atoms with E-state index < -0.39 is 17.7 Å². The van der Waals surface area contributed by atoms with Gasteiger partial charge in [-0.15, -0.1) is 0 Å². The van der Waals surface area contributed by atoms with Crippen LogP contribution in [0.1, 0.15) is 17.3 Å². The van der Waals surface area contributed by atoms with Crippen molar-refractivity contribution in [3.63, 3.8) is 0 Å². The van der Waals surface area contributed by atoms with Gasteiger partial charge in [0, 0.05) is 29.6 Å². The molecule has 0 saturated carbocycles. The Labute approximate surface area is 175 Å². The second-order valence-corrected chi connectivity index (χ2v) is 7.57. The summed E-state index contributed by atoms with van der Waals surface area (Å²) in [5, 5.41) is 5.95. The first-order chi connectivity index (χ1) is 13.8. The standard InChI is InChI=1S/C21H16Cl2F2N4/c1-29-21-15(2-4-17(22)16(21)10-27-29)14-3-5-19(23)28-20(14)18(26)8-11-6-12(24)9-13(25)7-11/h2-7,9-10,18H,8,26H2,1H3. The third-order valence-corrected chi connectivity index (χ3v) is 5.30. The minimum Gasteiger partial charge on any atom is -0.322 e. The van der Waals surface area contributed by atoms with Gasteiger partial charge < -0.3 is 5.73 Å². The van der Waals surface area contributed by atoms with Crippen LogP contribution < -0.4 is 5.73 Å². The molecule has 4 rings (SSSR count). The first kappa shape index (κ1) is 19.8. The predicted octanol–water partition coefficient (Wildman–Crippen LogP) is 5.46. The summed E-state index contributed by atoms with van der Waals surface area (Å²) in [5.74, 6) is -1.30. The molecule has 0 aliphatic heterocycles. The molecule has 0 bridgehead atoms. The van der Waals surface area contributed by atoms with Crippen LogP contribution >= 0.6 is 23.2 Å². The van der Waals surface area contributed by atoms with Crippen LogP contribution in [0.3, 0.4) is 0 Å². The second kappa shape index (κ2) is 7.71. The number of halogens is 4. The third kappa shape index (κ3) is 3.83. The topological polar surface area (TPSA) is 56.7 Å². The molecule has 2 heterocycles. The third-order valence-electron chi connectivity index (χ3n) is 4.76. The van der Waals surface area contributed by atoms with Crippen LogP contribution in [0, 0.1) is 11.6 Å². The lowest BCUT2D eigenvalue weighted by molar-refractivity contribution is 0.576. The number of benzene rings is 2. The van der Waals surface area contributed by atoms with E-state index in [-0.39, 0.29) is 11.6 Å². The largest absolute Gasteiger partial charge is 0.322 e. The Bertz CT molecular complexity index is 1200. The summed E-state index contributed by atoms with van der Waals surface area (Å²) in [7, 11) is 1.82. The van der Waals surface area contributed by atoms with Crippen LogP contribution in [-0.4, -0.2) is 14.8 Å². The predicted molar refractivity (Wildman–Crippen MR) is 111 cm³/mol. The molecule has 8 heteroatoms. The highest BCUT2D eigenvalue weighted by atomic mass is 35.5. The van der Waals surface area contributed by atoms with Gasteiger partial charge in [0.05, 0.1) is 28.5 Å². The Morgan fingerprint density at radius 3 is 2.45 bits per heavy atom. The van der Waals surface area contributed by atoms with Gasteiger partial charge in [0.25, 0.3) is 0 Å². The van der Waals surface area contributed by atoms with E-state index in [9.17, 15) is 8.78 Å². The number of hydrogen-bond acceptors (Lipinski definition) is 3. The number of aryl methyl sites for hydroxylation is 1. The molecule has 2 aromatic carbocycles. The van der Waals surface area contributed by atoms with Crippen LogP contribution in [0.5, 0.6) is 0 Å². The molecule has 4 nitrogen and oxygen atoms in total. The molecule has 0 spiro atoms. The minimum atomic E-state index is -0.652. The molecule has 0 aliphatic carbocycles. The van der Waals surface area contributed by atoms with Crippen LogP contribution in [0.2, 0.25) is 10.2 Å². The number of hydrogen-bond donors (Lipinski definition) is 1. The molecule has 148 valence electrons. The van der Waals surface area contributed by atoms with Gasteiger partial charge in [0.1, 0.15) is 16.8 Å². The monoisotopic (exact) mass is 432 g/mol. The van der Waals surface area contributed by atoms with Gasteiger partial charge in [-0.2, -0.15) is 5.10 Å². The lowest BCUT2D eigenvalue weighted by Crippen LogP contribution is -2.17. The van der Waals surface area contributed by atoms with E-state index in [2.05, 4.69) is 10.1 Å². The average Bonchev–Trinajstić information content (AvgIpc) is 3.04. The molecule has 2 N–H and O–H groups in total. The van der Waals surface area contributed by atoms with Crippen molar-refractivity contribution in [2.75, 3.05) is 0 Å². The fraction of sp³-hybridized carbons (Fsp3) is 0.143. The maximum Gasteiger partial charge on any atom is 0.129 e. The molecule has 0 aliphatic rings. The lowest BCUT2D eigenvalue weighted by Gasteiger charge is -2.17. The fourth-order valence-electron chi connectivity index (χ4n) is 3.51. The van der Waals surface area contributed by atoms with Crippen molar-refractivity contribution in [2.24, 2.45) is 12.8 Å². The SMILES string of the molecule is Cn1ncc2c(Cl)ccc(-c3ccc(Cl)nc3C(N)Cc3cc(F)cc(F)c3)c21. The molecular weight excluding hydrogens is 417 g/mol. The first-order valence-corrected chi connectivity index (χ1v) is 9.56. The normalized spacial score (nSPS) is 12.5. The zero-order valence-corrected chi connectivity index (χ0v) is 16.8. The van der Waals surface area contributed by atoms with E-state index >= 15 is 0 Å². The van der Waals surface area contributed by atoms with Crippen LogP contribution in [0.4, 0.5) is 8.78 Å². The molecule has 1 atom stereocenters. The zero-order valence-electron chi connectivity index (χ0n) is 15.3. The fourth-order valence-corrected chi connectivity index (χ4v) is 3.87. The van der Waals surface area contributed by atoms with Crippen molar-refractivity contribution >= 4 is 34.1 Å². The van der Waals surface area contributed by atoms with Crippen molar-refractivity contribution < 1.29 is 8.78 Å². The maximum atomic E-state index is 13.6. The molecule has 1 unspecified atom stereocenters. The number of aromatic nitrogens is 3. The van der Waals surface area contributed by atoms with Gasteiger partial charge in [0.15, 0.2) is 0 Å². The summed E-state index contributed by atoms with van der Waals surface area (Å²) in [5.41, 5.74) is 9.78. The molecule has 0 saturated heterocycles. The first-order valence-electron chi connectivity index (χ1n) is 8.81. The van der Waals surface area contributed by atoms with Gasteiger partial charge in [-0.25, -0.2) is 13.8 Å². The van der Waals surface area contributed by atoms with Crippen molar-refractivity contribution in [1.29, 1.82) is 0 Å². The highest BCUT2D eigenvalue weighted by molar-refractivity contribution is 6.35. The summed E-state index contributed by atoms with van der Waals surface area (Å²) in [6.45, 7) is 0. The van der Waals surface area contributed by atoms with Gasteiger partial charge in [0.2, 0.25) is 0 Å². The molecular formula is C21H16Cl2F2N4. The van der Waals surface area contributed by atoms with E-state index in [1.807, 2.05) is 19.2 Å². The number of nitrogens with two attached hydrogens (primary N) is 1. The van der Waals surface area contributed by atoms with Crippen molar-refractivity contribution in [2.45, 2.75) is 12.5 Å². The van der Waals surface area contributed by atoms with E-state index in [4.69, 9.17) is 28.9 Å². The molecule has 4 aromatic rings. The molecule has 0 radical (unpaired) electrons. The van der Waals surface area contributed by atoms with E-state index in [0.717, 1.165) is 28.1 Å². The Kier molecular flexibility index (Phi) is 5.25. The van der Waals surface area contributed by atoms with Crippen molar-refractivity contribution in [3.05, 3.63) is 81.7 Å². The maximum absolute atomic E-state index is 13.6. The number of nitrogens with zero attached hydrogens (tertiary/aromatic N) is 3. The van der Waals surface area contributed by atoms with Gasteiger partial charge in [-0.1, -0.05) is 29.3 Å². The Morgan fingerprint density at radius 2 is 1.72 bits per heavy atom. The molecule has 0 amide bonds. The van der Waals surface area contributed by atoms with Gasteiger partial charge >= 0.3 is 0 Å². The molecule has 29 heavy (non-hydrogen) atoms. The Morgan fingerprint density at radius 1 is 1.03 bits per heavy atom. The molecule has 0 fully saturated rings. The van der Waals surface area contributed by atoms with Crippen molar-refractivity contribution in [1.82, 2.24) is 14.8 Å². The Hall–Kier alpha value is -2.54. The highest BCUT2D eigenvalue weighted by Crippen LogP contribution is 2.36. The minimum absolute atomic E-state index is 0.192. The summed E-state index contributed by atoms with van der Waals surface area (Å²) >= 11 is 12.4. The zero-order chi connectivity index (χ0) is 20.7. The van der Waals surface area contributed by atoms with Crippen LogP contribution in [0.15, 0.2) is 48.7 Å². The Balaban J connectivity index is 1.83. The average molecular weight is 433 g/mol. The van der Waals surface area contributed by atoms with Gasteiger partial charge in [-0.3, -0.25) is 4.68 Å². The number of pyridine rings is 1. The summed E-state index contributed by atoms with van der Waals surface area (Å²) in [6.07, 6.45) is 1.89. The highest BCUT2D eigenvalue weighted by Gasteiger charge is 2.20. The summed E-state index contributed by atoms with van der Waals surface area (Å²) < 4.78 is 28.9. The summed E-state index contributed by atoms with van der Waals surface area (Å²) in [4.78, 5) is 4.42. The number of rotatable bonds is 4. The molecule has 2 aromatic heterocycles. The van der Waals surface area contributed by atoms with Crippen molar-refractivity contribution in [3.8, 4) is 11.1 Å². The van der Waals surface area contributed by atoms with Gasteiger partial charge in [-0.05, 0) is 42.3 Å². The lowest BCUT2D eigenvalue weighted by atomic mass is 9.95. The summed E-state index contributed by atoms with van der Waals surface area (Å²) in [6, 6.07) is 9.86. The quantitative estimate of drug-likeness (QED) is 0.435. The van der Waals surface area contributed by atoms with Crippen LogP contribution in [0.25, 0.3) is 22.0 Å². The smallest absolute Gasteiger partial charge is 0.129 e. The van der Waals surface area contributed by atoms with Crippen LogP contribution in [-0.2, 0) is 13.5 Å². The van der Waals surface area contributed by atoms with E-state index in [1.165, 1.54) is 12.1 Å². The van der Waals surface area contributed by atoms with E-state index in [0.29, 0.717) is 16.3 Å². The van der Waals surface area contributed by atoms with E-state index in [1.54, 1.807) is 23.0 Å². The second-order valence-electron chi connectivity index (χ2n) is 6.78.